The molecule has 1 rings (SSSR count). The Kier molecular flexibility index (Phi) is 7.05. The first-order valence-corrected chi connectivity index (χ1v) is 4.24. The molecule has 0 N–H and O–H groups in total. The minimum atomic E-state index is 0. The van der Waals surface area contributed by atoms with Gasteiger partial charge < -0.3 is 4.99 Å². The summed E-state index contributed by atoms with van der Waals surface area (Å²) in [5.41, 5.74) is 2.18. The van der Waals surface area contributed by atoms with Crippen molar-refractivity contribution < 1.29 is 19.5 Å². The van der Waals surface area contributed by atoms with Crippen molar-refractivity contribution in [1.29, 1.82) is 0 Å². The molecular formula is C12H13NRu. The van der Waals surface area contributed by atoms with E-state index in [-0.39, 0.29) is 19.5 Å². The van der Waals surface area contributed by atoms with Crippen LogP contribution < -0.4 is 0 Å². The van der Waals surface area contributed by atoms with Gasteiger partial charge in [0.15, 0.2) is 0 Å². The Balaban J connectivity index is 0.00000169. The maximum atomic E-state index is 4.14. The zero-order valence-electron chi connectivity index (χ0n) is 8.18. The number of allylic oxidation sites excluding steroid dienone is 2. The van der Waals surface area contributed by atoms with Crippen LogP contribution >= 0.6 is 0 Å². The maximum absolute atomic E-state index is 4.14. The molecule has 74 valence electrons. The number of hydrogen-bond acceptors (Lipinski definition) is 1. The number of hydrogen-bond donors (Lipinski definition) is 0. The minimum Gasteiger partial charge on any atom is -0.312 e. The third kappa shape index (κ3) is 4.39. The Hall–Kier alpha value is -0.877. The summed E-state index contributed by atoms with van der Waals surface area (Å²) in [7, 11) is 1.79. The topological polar surface area (TPSA) is 12.4 Å². The van der Waals surface area contributed by atoms with Crippen molar-refractivity contribution in [3.8, 4) is 0 Å². The van der Waals surface area contributed by atoms with E-state index in [4.69, 9.17) is 0 Å². The smallest absolute Gasteiger partial charge is 0.312 e. The van der Waals surface area contributed by atoms with Gasteiger partial charge in [-0.1, -0.05) is 0 Å². The molecule has 14 heavy (non-hydrogen) atoms. The van der Waals surface area contributed by atoms with E-state index in [0.717, 1.165) is 17.7 Å². The van der Waals surface area contributed by atoms with E-state index in [1.807, 2.05) is 30.3 Å². The van der Waals surface area contributed by atoms with Crippen LogP contribution in [0.3, 0.4) is 0 Å². The number of aliphatic imine (C=N–C) groups is 1. The van der Waals surface area contributed by atoms with Crippen molar-refractivity contribution in [2.75, 3.05) is 7.05 Å². The van der Waals surface area contributed by atoms with Gasteiger partial charge in [0.1, 0.15) is 0 Å². The summed E-state index contributed by atoms with van der Waals surface area (Å²) < 4.78 is 0. The Labute approximate surface area is 98.7 Å². The second-order valence-electron chi connectivity index (χ2n) is 2.68. The molecule has 0 spiro atoms. The van der Waals surface area contributed by atoms with Crippen LogP contribution in [0.5, 0.6) is 0 Å². The zero-order valence-corrected chi connectivity index (χ0v) is 9.92. The van der Waals surface area contributed by atoms with Gasteiger partial charge in [0.2, 0.25) is 0 Å². The Morgan fingerprint density at radius 3 is 2.86 bits per heavy atom. The van der Waals surface area contributed by atoms with Gasteiger partial charge in [0.05, 0.1) is 0 Å². The number of rotatable bonds is 3. The molecular weight excluding hydrogens is 259 g/mol. The summed E-state index contributed by atoms with van der Waals surface area (Å²) in [4.78, 5) is 4.14. The molecule has 0 aliphatic rings. The largest absolute Gasteiger partial charge is 2.00 e. The first kappa shape index (κ1) is 13.1. The fourth-order valence-electron chi connectivity index (χ4n) is 1.08. The van der Waals surface area contributed by atoms with Crippen LogP contribution in [0.4, 0.5) is 0 Å². The Morgan fingerprint density at radius 2 is 2.36 bits per heavy atom. The molecule has 0 fully saturated rings. The van der Waals surface area contributed by atoms with Crippen molar-refractivity contribution in [3.05, 3.63) is 55.0 Å². The van der Waals surface area contributed by atoms with E-state index in [0.29, 0.717) is 0 Å². The third-order valence-electron chi connectivity index (χ3n) is 1.74. The summed E-state index contributed by atoms with van der Waals surface area (Å²) in [6.07, 6.45) is 4.50. The summed E-state index contributed by atoms with van der Waals surface area (Å²) in [5.74, 6) is 0. The molecule has 0 aromatic heterocycles. The summed E-state index contributed by atoms with van der Waals surface area (Å²) in [5, 5.41) is 0. The van der Waals surface area contributed by atoms with Gasteiger partial charge in [-0.15, -0.1) is 0 Å². The van der Waals surface area contributed by atoms with Crippen molar-refractivity contribution in [1.82, 2.24) is 0 Å². The predicted molar refractivity (Wildman–Crippen MR) is 56.8 cm³/mol. The fourth-order valence-corrected chi connectivity index (χ4v) is 1.08. The van der Waals surface area contributed by atoms with Crippen molar-refractivity contribution in [2.24, 2.45) is 4.99 Å². The zero-order chi connectivity index (χ0) is 9.52. The van der Waals surface area contributed by atoms with Crippen LogP contribution in [-0.4, -0.2) is 12.8 Å². The molecule has 0 bridgehead atoms. The number of nitrogens with zero attached hydrogens (tertiary/aromatic N) is 1. The first-order valence-electron chi connectivity index (χ1n) is 4.24. The van der Waals surface area contributed by atoms with Gasteiger partial charge in [-0.25, -0.2) is 13.0 Å². The molecule has 0 radical (unpaired) electrons. The molecule has 0 unspecified atom stereocenters. The molecule has 0 heterocycles. The van der Waals surface area contributed by atoms with E-state index in [2.05, 4.69) is 18.0 Å². The monoisotopic (exact) mass is 273 g/mol. The average molecular weight is 272 g/mol. The Bertz CT molecular complexity index is 301. The van der Waals surface area contributed by atoms with Gasteiger partial charge in [-0.05, 0) is 12.1 Å². The van der Waals surface area contributed by atoms with Gasteiger partial charge >= 0.3 is 19.5 Å². The van der Waals surface area contributed by atoms with Crippen LogP contribution in [0.15, 0.2) is 41.4 Å². The van der Waals surface area contributed by atoms with Crippen LogP contribution in [0.25, 0.3) is 0 Å². The van der Waals surface area contributed by atoms with Crippen LogP contribution in [0, 0.1) is 13.0 Å². The second-order valence-corrected chi connectivity index (χ2v) is 2.68. The Morgan fingerprint density at radius 1 is 1.57 bits per heavy atom. The van der Waals surface area contributed by atoms with Crippen LogP contribution in [0.1, 0.15) is 5.56 Å². The van der Waals surface area contributed by atoms with Gasteiger partial charge in [-0.2, -0.15) is 42.0 Å². The maximum Gasteiger partial charge on any atom is 2.00 e. The minimum absolute atomic E-state index is 0. The SMILES string of the molecule is [CH2-]/C=C\C(Cc1[c-]cccc1)=NC.[Ru+2]. The van der Waals surface area contributed by atoms with Gasteiger partial charge in [0.25, 0.3) is 0 Å². The summed E-state index contributed by atoms with van der Waals surface area (Å²) >= 11 is 0. The molecule has 1 nitrogen and oxygen atoms in total. The summed E-state index contributed by atoms with van der Waals surface area (Å²) in [6, 6.07) is 11.1. The molecule has 0 atom stereocenters. The molecule has 0 amide bonds. The molecule has 0 saturated heterocycles. The second kappa shape index (κ2) is 7.52. The van der Waals surface area contributed by atoms with E-state index in [1.165, 1.54) is 0 Å². The molecule has 1 aromatic rings. The van der Waals surface area contributed by atoms with Gasteiger partial charge in [0, 0.05) is 7.05 Å². The van der Waals surface area contributed by atoms with E-state index in [1.54, 1.807) is 13.1 Å². The van der Waals surface area contributed by atoms with Crippen LogP contribution in [-0.2, 0) is 25.9 Å². The van der Waals surface area contributed by atoms with E-state index < -0.39 is 0 Å². The number of benzene rings is 1. The predicted octanol–water partition coefficient (Wildman–Crippen LogP) is 2.49. The van der Waals surface area contributed by atoms with E-state index >= 15 is 0 Å². The van der Waals surface area contributed by atoms with Crippen LogP contribution in [0.2, 0.25) is 0 Å². The first-order chi connectivity index (χ1) is 6.36. The quantitative estimate of drug-likeness (QED) is 0.455. The van der Waals surface area contributed by atoms with Crippen molar-refractivity contribution >= 4 is 5.71 Å². The summed E-state index contributed by atoms with van der Waals surface area (Å²) in [6.45, 7) is 3.64. The molecule has 0 saturated carbocycles. The average Bonchev–Trinajstić information content (AvgIpc) is 2.19. The van der Waals surface area contributed by atoms with Gasteiger partial charge in [-0.3, -0.25) is 0 Å². The fraction of sp³-hybridized carbons (Fsp3) is 0.167. The third-order valence-corrected chi connectivity index (χ3v) is 1.74. The standard InChI is InChI=1S/C12H13N.Ru/c1-3-7-12(13-2)10-11-8-5-4-6-9-11;/h3-8H,1,10H2,2H3;/q-2;+2/b7-3-,13-12?;. The molecule has 0 aliphatic carbocycles. The molecule has 2 heteroatoms. The van der Waals surface area contributed by atoms with E-state index in [9.17, 15) is 0 Å². The van der Waals surface area contributed by atoms with Crippen molar-refractivity contribution in [2.45, 2.75) is 6.42 Å². The normalized spacial score (nSPS) is 11.4. The molecule has 1 aromatic carbocycles. The van der Waals surface area contributed by atoms with Crippen molar-refractivity contribution in [3.63, 3.8) is 0 Å². The molecule has 0 aliphatic heterocycles.